The van der Waals surface area contributed by atoms with Crippen LogP contribution in [0.15, 0.2) is 121 Å². The summed E-state index contributed by atoms with van der Waals surface area (Å²) >= 11 is 0. The van der Waals surface area contributed by atoms with Gasteiger partial charge in [-0.25, -0.2) is 23.7 Å². The highest BCUT2D eigenvalue weighted by molar-refractivity contribution is 5.95. The minimum atomic E-state index is -0.653. The van der Waals surface area contributed by atoms with Crippen molar-refractivity contribution in [3.05, 3.63) is 150 Å². The second-order valence-corrected chi connectivity index (χ2v) is 16.6. The quantitative estimate of drug-likeness (QED) is 0.178. The molecule has 5 aromatic carbocycles. The van der Waals surface area contributed by atoms with Gasteiger partial charge in [-0.15, -0.1) is 0 Å². The van der Waals surface area contributed by atoms with Gasteiger partial charge in [-0.3, -0.25) is 0 Å². The van der Waals surface area contributed by atoms with E-state index in [1.165, 1.54) is 34.3 Å². The summed E-state index contributed by atoms with van der Waals surface area (Å²) in [5.41, 5.74) is 9.01. The van der Waals surface area contributed by atoms with Crippen LogP contribution >= 0.6 is 0 Å². The van der Waals surface area contributed by atoms with E-state index in [2.05, 4.69) is 95.5 Å². The van der Waals surface area contributed by atoms with Crippen LogP contribution in [0.3, 0.4) is 0 Å². The Labute approximate surface area is 316 Å². The maximum absolute atomic E-state index is 14.9. The summed E-state index contributed by atoms with van der Waals surface area (Å²) < 4.78 is 32.2. The van der Waals surface area contributed by atoms with E-state index in [1.807, 2.05) is 66.7 Å². The van der Waals surface area contributed by atoms with Crippen LogP contribution in [0, 0.1) is 23.0 Å². The van der Waals surface area contributed by atoms with Gasteiger partial charge in [0.15, 0.2) is 17.5 Å². The predicted octanol–water partition coefficient (Wildman–Crippen LogP) is 12.9. The lowest BCUT2D eigenvalue weighted by Gasteiger charge is -2.36. The van der Waals surface area contributed by atoms with Crippen molar-refractivity contribution >= 4 is 17.0 Å². The predicted molar refractivity (Wildman–Crippen MR) is 217 cm³/mol. The molecule has 2 heterocycles. The molecule has 0 radical (unpaired) electrons. The monoisotopic (exact) mass is 714 g/mol. The molecule has 0 bridgehead atoms. The van der Waals surface area contributed by atoms with Crippen LogP contribution in [-0.2, 0) is 5.41 Å². The van der Waals surface area contributed by atoms with Gasteiger partial charge < -0.3 is 4.57 Å². The second-order valence-electron chi connectivity index (χ2n) is 16.6. The standard InChI is InChI=1S/C48H44F2N4/c1-29-41(48(5,6)7)23-22-39-38-20-18-33(47(2,3)4)26-42(38)54(43(29)39)36-19-21-37(32-24-34(49)27-35(50)25-32)40(28-36)46-52-44(30-14-10-8-11-15-30)51-45(53-46)31-16-12-9-13-17-31/h8-29,41H,1-7H3. The third kappa shape index (κ3) is 6.44. The molecule has 54 heavy (non-hydrogen) atoms. The number of benzene rings is 5. The molecule has 0 N–H and O–H groups in total. The van der Waals surface area contributed by atoms with Crippen molar-refractivity contribution in [2.75, 3.05) is 0 Å². The van der Waals surface area contributed by atoms with Crippen LogP contribution in [0.1, 0.15) is 71.2 Å². The molecule has 1 aliphatic rings. The van der Waals surface area contributed by atoms with Crippen LogP contribution in [0.2, 0.25) is 0 Å². The smallest absolute Gasteiger partial charge is 0.164 e. The molecule has 6 heteroatoms. The van der Waals surface area contributed by atoms with Crippen LogP contribution in [-0.4, -0.2) is 19.5 Å². The summed E-state index contributed by atoms with van der Waals surface area (Å²) in [5, 5.41) is 1.18. The zero-order chi connectivity index (χ0) is 37.9. The Kier molecular flexibility index (Phi) is 8.68. The van der Waals surface area contributed by atoms with Crippen molar-refractivity contribution in [1.82, 2.24) is 19.5 Å². The van der Waals surface area contributed by atoms with E-state index in [1.54, 1.807) is 0 Å². The molecular weight excluding hydrogens is 671 g/mol. The van der Waals surface area contributed by atoms with Gasteiger partial charge in [0.05, 0.1) is 5.52 Å². The minimum Gasteiger partial charge on any atom is -0.313 e. The Balaban J connectivity index is 1.45. The highest BCUT2D eigenvalue weighted by Gasteiger charge is 2.36. The lowest BCUT2D eigenvalue weighted by atomic mass is 9.69. The maximum Gasteiger partial charge on any atom is 0.164 e. The Morgan fingerprint density at radius 2 is 1.19 bits per heavy atom. The van der Waals surface area contributed by atoms with Crippen molar-refractivity contribution in [2.24, 2.45) is 11.3 Å². The van der Waals surface area contributed by atoms with Crippen molar-refractivity contribution < 1.29 is 8.78 Å². The summed E-state index contributed by atoms with van der Waals surface area (Å²) in [6.07, 6.45) is 4.68. The Morgan fingerprint density at radius 1 is 0.593 bits per heavy atom. The Hall–Kier alpha value is -5.75. The molecule has 1 aliphatic carbocycles. The van der Waals surface area contributed by atoms with E-state index in [-0.39, 0.29) is 16.7 Å². The van der Waals surface area contributed by atoms with E-state index >= 15 is 0 Å². The number of hydrogen-bond acceptors (Lipinski definition) is 3. The molecular formula is C48H44F2N4. The first-order valence-corrected chi connectivity index (χ1v) is 18.6. The third-order valence-corrected chi connectivity index (χ3v) is 10.7. The summed E-state index contributed by atoms with van der Waals surface area (Å²) in [4.78, 5) is 15.1. The van der Waals surface area contributed by atoms with Gasteiger partial charge in [0.1, 0.15) is 11.6 Å². The Bertz CT molecular complexity index is 2480. The molecule has 2 aromatic heterocycles. The van der Waals surface area contributed by atoms with Gasteiger partial charge >= 0.3 is 0 Å². The van der Waals surface area contributed by atoms with Gasteiger partial charge in [-0.05, 0) is 63.8 Å². The summed E-state index contributed by atoms with van der Waals surface area (Å²) in [5.74, 6) is 0.611. The number of halogens is 2. The molecule has 0 spiro atoms. The average molecular weight is 715 g/mol. The molecule has 0 aliphatic heterocycles. The fraction of sp³-hybridized carbons (Fsp3) is 0.229. The topological polar surface area (TPSA) is 43.6 Å². The van der Waals surface area contributed by atoms with E-state index in [4.69, 9.17) is 15.0 Å². The third-order valence-electron chi connectivity index (χ3n) is 10.7. The van der Waals surface area contributed by atoms with Gasteiger partial charge in [0.25, 0.3) is 0 Å². The minimum absolute atomic E-state index is 0.0362. The van der Waals surface area contributed by atoms with Crippen LogP contribution in [0.25, 0.3) is 68.0 Å². The first-order valence-electron chi connectivity index (χ1n) is 18.6. The highest BCUT2D eigenvalue weighted by atomic mass is 19.1. The number of nitrogens with zero attached hydrogens (tertiary/aromatic N) is 4. The summed E-state index contributed by atoms with van der Waals surface area (Å²) in [6, 6.07) is 36.1. The first-order chi connectivity index (χ1) is 25.8. The first kappa shape index (κ1) is 35.3. The molecule has 0 saturated heterocycles. The average Bonchev–Trinajstić information content (AvgIpc) is 3.49. The summed E-state index contributed by atoms with van der Waals surface area (Å²) in [7, 11) is 0. The molecule has 4 nitrogen and oxygen atoms in total. The number of aromatic nitrogens is 4. The second kappa shape index (κ2) is 13.3. The fourth-order valence-electron chi connectivity index (χ4n) is 8.02. The van der Waals surface area contributed by atoms with E-state index in [9.17, 15) is 8.78 Å². The normalized spacial score (nSPS) is 15.8. The van der Waals surface area contributed by atoms with Gasteiger partial charge in [0.2, 0.25) is 0 Å². The molecule has 270 valence electrons. The van der Waals surface area contributed by atoms with E-state index < -0.39 is 11.6 Å². The molecule has 8 rings (SSSR count). The van der Waals surface area contributed by atoms with Gasteiger partial charge in [-0.2, -0.15) is 0 Å². The van der Waals surface area contributed by atoms with Gasteiger partial charge in [0, 0.05) is 51.0 Å². The van der Waals surface area contributed by atoms with Crippen LogP contribution in [0.4, 0.5) is 8.78 Å². The Morgan fingerprint density at radius 3 is 1.76 bits per heavy atom. The van der Waals surface area contributed by atoms with Crippen molar-refractivity contribution in [1.29, 1.82) is 0 Å². The zero-order valence-corrected chi connectivity index (χ0v) is 31.8. The molecule has 2 atom stereocenters. The van der Waals surface area contributed by atoms with Gasteiger partial charge in [-0.1, -0.05) is 139 Å². The molecule has 7 aromatic rings. The largest absolute Gasteiger partial charge is 0.313 e. The lowest BCUT2D eigenvalue weighted by molar-refractivity contribution is 0.255. The maximum atomic E-state index is 14.9. The fourth-order valence-corrected chi connectivity index (χ4v) is 8.02. The zero-order valence-electron chi connectivity index (χ0n) is 31.8. The SMILES string of the molecule is CC1c2c(c3ccc(C(C)(C)C)cc3n2-c2ccc(-c3cc(F)cc(F)c3)c(-c3nc(-c4ccccc4)nc(-c4ccccc4)n3)c2)C=CC1C(C)(C)C. The highest BCUT2D eigenvalue weighted by Crippen LogP contribution is 2.48. The lowest BCUT2D eigenvalue weighted by Crippen LogP contribution is -2.27. The van der Waals surface area contributed by atoms with E-state index in [0.717, 1.165) is 28.4 Å². The molecule has 0 amide bonds. The van der Waals surface area contributed by atoms with Crippen LogP contribution in [0.5, 0.6) is 0 Å². The molecule has 0 fully saturated rings. The van der Waals surface area contributed by atoms with Crippen molar-refractivity contribution in [3.8, 4) is 51.0 Å². The number of fused-ring (bicyclic) bond motifs is 3. The number of hydrogen-bond donors (Lipinski definition) is 0. The van der Waals surface area contributed by atoms with Crippen molar-refractivity contribution in [3.63, 3.8) is 0 Å². The van der Waals surface area contributed by atoms with Crippen LogP contribution < -0.4 is 0 Å². The van der Waals surface area contributed by atoms with E-state index in [0.29, 0.717) is 40.1 Å². The number of rotatable bonds is 5. The summed E-state index contributed by atoms with van der Waals surface area (Å²) in [6.45, 7) is 15.9. The van der Waals surface area contributed by atoms with Crippen molar-refractivity contribution in [2.45, 2.75) is 59.8 Å². The number of allylic oxidation sites excluding steroid dienone is 1. The molecule has 0 saturated carbocycles. The molecule has 2 unspecified atom stereocenters.